The molecule has 0 aromatic heterocycles. The van der Waals surface area contributed by atoms with E-state index in [0.29, 0.717) is 23.0 Å². The number of rotatable bonds is 4. The summed E-state index contributed by atoms with van der Waals surface area (Å²) in [4.78, 5) is 26.5. The van der Waals surface area contributed by atoms with E-state index in [2.05, 4.69) is 41.5 Å². The van der Waals surface area contributed by atoms with E-state index in [1.165, 1.54) is 36.8 Å². The molecule has 3 saturated carbocycles. The number of carbonyl (C=O) groups excluding carboxylic acids is 2. The minimum Gasteiger partial charge on any atom is -0.455 e. The van der Waals surface area contributed by atoms with Crippen molar-refractivity contribution in [3.8, 4) is 0 Å². The van der Waals surface area contributed by atoms with E-state index in [-0.39, 0.29) is 46.8 Å². The van der Waals surface area contributed by atoms with Crippen LogP contribution in [0.15, 0.2) is 48.5 Å². The largest absolute Gasteiger partial charge is 0.455 e. The van der Waals surface area contributed by atoms with Gasteiger partial charge < -0.3 is 9.47 Å². The number of esters is 2. The fourth-order valence-electron chi connectivity index (χ4n) is 7.06. The van der Waals surface area contributed by atoms with Gasteiger partial charge in [0.15, 0.2) is 0 Å². The first kappa shape index (κ1) is 26.0. The SMILES string of the molecule is CC(C)(C)c1ccc(C(=O)OC2C3CC(C4CCCCC43)C2OC(=O)c2ccc(C(C)(C)C)cc2)cc1. The Balaban J connectivity index is 1.35. The van der Waals surface area contributed by atoms with E-state index in [1.807, 2.05) is 48.5 Å². The first-order chi connectivity index (χ1) is 17.4. The number of carbonyl (C=O) groups is 2. The predicted molar refractivity (Wildman–Crippen MR) is 146 cm³/mol. The third-order valence-corrected chi connectivity index (χ3v) is 9.15. The van der Waals surface area contributed by atoms with Gasteiger partial charge in [0.2, 0.25) is 0 Å². The highest BCUT2D eigenvalue weighted by molar-refractivity contribution is 5.90. The maximum atomic E-state index is 13.3. The van der Waals surface area contributed by atoms with E-state index in [4.69, 9.17) is 9.47 Å². The molecule has 0 amide bonds. The Morgan fingerprint density at radius 3 is 1.27 bits per heavy atom. The minimum absolute atomic E-state index is 0.0212. The molecule has 3 fully saturated rings. The number of hydrogen-bond acceptors (Lipinski definition) is 4. The Labute approximate surface area is 222 Å². The van der Waals surface area contributed by atoms with Gasteiger partial charge in [0.05, 0.1) is 11.1 Å². The second kappa shape index (κ2) is 9.60. The quantitative estimate of drug-likeness (QED) is 0.407. The molecule has 0 spiro atoms. The molecule has 2 aromatic rings. The lowest BCUT2D eigenvalue weighted by molar-refractivity contribution is -0.0872. The number of hydrogen-bond donors (Lipinski definition) is 0. The molecule has 2 aromatic carbocycles. The van der Waals surface area contributed by atoms with Crippen LogP contribution in [-0.2, 0) is 20.3 Å². The molecule has 5 rings (SSSR count). The van der Waals surface area contributed by atoms with Crippen molar-refractivity contribution in [2.75, 3.05) is 0 Å². The van der Waals surface area contributed by atoms with Crippen molar-refractivity contribution in [1.82, 2.24) is 0 Å². The van der Waals surface area contributed by atoms with Crippen molar-refractivity contribution in [1.29, 1.82) is 0 Å². The lowest BCUT2D eigenvalue weighted by Crippen LogP contribution is -2.47. The third-order valence-electron chi connectivity index (χ3n) is 9.15. The van der Waals surface area contributed by atoms with Crippen LogP contribution in [-0.4, -0.2) is 24.1 Å². The monoisotopic (exact) mass is 502 g/mol. The van der Waals surface area contributed by atoms with E-state index in [9.17, 15) is 9.59 Å². The molecule has 2 bridgehead atoms. The zero-order valence-electron chi connectivity index (χ0n) is 23.3. The summed E-state index contributed by atoms with van der Waals surface area (Å²) in [5.41, 5.74) is 3.51. The Hall–Kier alpha value is -2.62. The van der Waals surface area contributed by atoms with Crippen molar-refractivity contribution in [2.45, 2.75) is 96.7 Å². The molecular formula is C33H42O4. The molecule has 198 valence electrons. The molecule has 0 N–H and O–H groups in total. The Kier molecular flexibility index (Phi) is 6.75. The molecule has 6 unspecified atom stereocenters. The van der Waals surface area contributed by atoms with Gasteiger partial charge in [0, 0.05) is 11.8 Å². The maximum Gasteiger partial charge on any atom is 0.338 e. The molecule has 6 atom stereocenters. The highest BCUT2D eigenvalue weighted by atomic mass is 16.6. The van der Waals surface area contributed by atoms with Crippen molar-refractivity contribution in [3.05, 3.63) is 70.8 Å². The fourth-order valence-corrected chi connectivity index (χ4v) is 7.06. The molecule has 0 saturated heterocycles. The zero-order chi connectivity index (χ0) is 26.5. The second-order valence-electron chi connectivity index (χ2n) is 13.6. The summed E-state index contributed by atoms with van der Waals surface area (Å²) in [6.45, 7) is 13.0. The van der Waals surface area contributed by atoms with Crippen molar-refractivity contribution >= 4 is 11.9 Å². The molecule has 0 aliphatic heterocycles. The Bertz CT molecular complexity index is 1040. The molecule has 0 radical (unpaired) electrons. The molecule has 3 aliphatic carbocycles. The summed E-state index contributed by atoms with van der Waals surface area (Å²) in [5, 5.41) is 0. The topological polar surface area (TPSA) is 52.6 Å². The van der Waals surface area contributed by atoms with Gasteiger partial charge in [-0.15, -0.1) is 0 Å². The van der Waals surface area contributed by atoms with Crippen LogP contribution in [0.25, 0.3) is 0 Å². The summed E-state index contributed by atoms with van der Waals surface area (Å²) in [6, 6.07) is 15.5. The van der Waals surface area contributed by atoms with Gasteiger partial charge >= 0.3 is 11.9 Å². The minimum atomic E-state index is -0.378. The van der Waals surface area contributed by atoms with Crippen molar-refractivity contribution in [3.63, 3.8) is 0 Å². The van der Waals surface area contributed by atoms with Gasteiger partial charge in [-0.2, -0.15) is 0 Å². The van der Waals surface area contributed by atoms with E-state index in [0.717, 1.165) is 6.42 Å². The van der Waals surface area contributed by atoms with Gasteiger partial charge in [0.1, 0.15) is 12.2 Å². The number of fused-ring (bicyclic) bond motifs is 5. The molecule has 37 heavy (non-hydrogen) atoms. The van der Waals surface area contributed by atoms with Crippen LogP contribution >= 0.6 is 0 Å². The third kappa shape index (κ3) is 5.09. The van der Waals surface area contributed by atoms with Crippen molar-refractivity contribution < 1.29 is 19.1 Å². The molecule has 4 nitrogen and oxygen atoms in total. The van der Waals surface area contributed by atoms with Crippen LogP contribution in [0.1, 0.15) is 105 Å². The average Bonchev–Trinajstić information content (AvgIpc) is 3.40. The molecule has 4 heteroatoms. The van der Waals surface area contributed by atoms with Crippen LogP contribution in [0.4, 0.5) is 0 Å². The molecule has 3 aliphatic rings. The van der Waals surface area contributed by atoms with E-state index < -0.39 is 0 Å². The first-order valence-electron chi connectivity index (χ1n) is 14.1. The highest BCUT2D eigenvalue weighted by Crippen LogP contribution is 2.59. The highest BCUT2D eigenvalue weighted by Gasteiger charge is 2.61. The van der Waals surface area contributed by atoms with Gasteiger partial charge in [-0.3, -0.25) is 0 Å². The number of benzene rings is 2. The van der Waals surface area contributed by atoms with E-state index in [1.54, 1.807) is 0 Å². The summed E-state index contributed by atoms with van der Waals surface area (Å²) < 4.78 is 12.4. The summed E-state index contributed by atoms with van der Waals surface area (Å²) >= 11 is 0. The standard InChI is InChI=1S/C33H42O4/c1-32(2,3)22-15-11-20(12-16-22)30(34)36-28-26-19-27(25-10-8-7-9-24(25)26)29(28)37-31(35)21-13-17-23(18-14-21)33(4,5)6/h11-18,24-29H,7-10,19H2,1-6H3. The van der Waals surface area contributed by atoms with Crippen molar-refractivity contribution in [2.24, 2.45) is 23.7 Å². The van der Waals surface area contributed by atoms with Crippen LogP contribution < -0.4 is 0 Å². The van der Waals surface area contributed by atoms with Crippen LogP contribution in [0.3, 0.4) is 0 Å². The van der Waals surface area contributed by atoms with Crippen LogP contribution in [0, 0.1) is 23.7 Å². The van der Waals surface area contributed by atoms with Gasteiger partial charge in [-0.05, 0) is 77.3 Å². The summed E-state index contributed by atoms with van der Waals surface area (Å²) in [7, 11) is 0. The zero-order valence-corrected chi connectivity index (χ0v) is 23.3. The lowest BCUT2D eigenvalue weighted by atomic mass is 9.69. The maximum absolute atomic E-state index is 13.3. The van der Waals surface area contributed by atoms with Crippen LogP contribution in [0.5, 0.6) is 0 Å². The van der Waals surface area contributed by atoms with E-state index >= 15 is 0 Å². The second-order valence-corrected chi connectivity index (χ2v) is 13.6. The molecular weight excluding hydrogens is 460 g/mol. The average molecular weight is 503 g/mol. The van der Waals surface area contributed by atoms with Gasteiger partial charge in [-0.25, -0.2) is 9.59 Å². The van der Waals surface area contributed by atoms with Crippen LogP contribution in [0.2, 0.25) is 0 Å². The van der Waals surface area contributed by atoms with Gasteiger partial charge in [0.25, 0.3) is 0 Å². The molecule has 0 heterocycles. The summed E-state index contributed by atoms with van der Waals surface area (Å²) in [5.74, 6) is 1.05. The Morgan fingerprint density at radius 1 is 0.595 bits per heavy atom. The first-order valence-corrected chi connectivity index (χ1v) is 14.1. The van der Waals surface area contributed by atoms with Gasteiger partial charge in [-0.1, -0.05) is 78.6 Å². The Morgan fingerprint density at radius 2 is 0.946 bits per heavy atom. The normalized spacial score (nSPS) is 29.0. The fraction of sp³-hybridized carbons (Fsp3) is 0.576. The summed E-state index contributed by atoms with van der Waals surface area (Å²) in [6.07, 6.45) is 5.09. The predicted octanol–water partition coefficient (Wildman–Crippen LogP) is 7.49. The lowest BCUT2D eigenvalue weighted by Gasteiger charge is -2.42. The smallest absolute Gasteiger partial charge is 0.338 e. The number of ether oxygens (including phenoxy) is 2.